The van der Waals surface area contributed by atoms with E-state index < -0.39 is 0 Å². The summed E-state index contributed by atoms with van der Waals surface area (Å²) < 4.78 is 17.3. The maximum atomic E-state index is 9.95. The molecule has 0 aromatic heterocycles. The van der Waals surface area contributed by atoms with Crippen molar-refractivity contribution in [1.29, 1.82) is 0 Å². The summed E-state index contributed by atoms with van der Waals surface area (Å²) in [4.78, 5) is 2.47. The van der Waals surface area contributed by atoms with Gasteiger partial charge in [0.1, 0.15) is 5.75 Å². The SMILES string of the molecule is COC(OC)C1CCN(c2ccc([C@H]3c4ccc(O)cc4CO[C@H]3CC3CC3)cc2)CC1. The van der Waals surface area contributed by atoms with Crippen LogP contribution in [0, 0.1) is 11.8 Å². The van der Waals surface area contributed by atoms with Gasteiger partial charge in [-0.15, -0.1) is 0 Å². The number of anilines is 1. The van der Waals surface area contributed by atoms with Crippen LogP contribution in [0.25, 0.3) is 0 Å². The van der Waals surface area contributed by atoms with Crippen molar-refractivity contribution in [3.8, 4) is 5.75 Å². The topological polar surface area (TPSA) is 51.2 Å². The van der Waals surface area contributed by atoms with E-state index in [1.807, 2.05) is 12.1 Å². The highest BCUT2D eigenvalue weighted by molar-refractivity contribution is 5.51. The normalized spacial score (nSPS) is 24.0. The first-order chi connectivity index (χ1) is 15.7. The van der Waals surface area contributed by atoms with Crippen molar-refractivity contribution in [2.24, 2.45) is 11.8 Å². The number of nitrogens with zero attached hydrogens (tertiary/aromatic N) is 1. The molecule has 2 aliphatic heterocycles. The molecule has 2 atom stereocenters. The quantitative estimate of drug-likeness (QED) is 0.614. The Bertz CT molecular complexity index is 898. The number of hydrogen-bond donors (Lipinski definition) is 1. The van der Waals surface area contributed by atoms with Crippen molar-refractivity contribution in [3.63, 3.8) is 0 Å². The van der Waals surface area contributed by atoms with Gasteiger partial charge in [-0.3, -0.25) is 0 Å². The minimum atomic E-state index is -0.103. The van der Waals surface area contributed by atoms with Crippen LogP contribution in [-0.4, -0.2) is 44.8 Å². The van der Waals surface area contributed by atoms with Gasteiger partial charge in [0.2, 0.25) is 0 Å². The second kappa shape index (κ2) is 9.42. The van der Waals surface area contributed by atoms with Crippen LogP contribution in [0.4, 0.5) is 5.69 Å². The Morgan fingerprint density at radius 2 is 1.72 bits per heavy atom. The van der Waals surface area contributed by atoms with Gasteiger partial charge < -0.3 is 24.2 Å². The van der Waals surface area contributed by atoms with Crippen LogP contribution in [-0.2, 0) is 20.8 Å². The number of rotatable bonds is 7. The van der Waals surface area contributed by atoms with Crippen molar-refractivity contribution in [1.82, 2.24) is 0 Å². The highest BCUT2D eigenvalue weighted by Crippen LogP contribution is 2.44. The fourth-order valence-electron chi connectivity index (χ4n) is 5.60. The zero-order chi connectivity index (χ0) is 22.1. The van der Waals surface area contributed by atoms with E-state index in [1.165, 1.54) is 29.7 Å². The summed E-state index contributed by atoms with van der Waals surface area (Å²) in [6.07, 6.45) is 6.04. The van der Waals surface area contributed by atoms with E-state index >= 15 is 0 Å². The lowest BCUT2D eigenvalue weighted by molar-refractivity contribution is -0.141. The first-order valence-electron chi connectivity index (χ1n) is 12.0. The fourth-order valence-corrected chi connectivity index (χ4v) is 5.60. The number of methoxy groups -OCH3 is 2. The first-order valence-corrected chi connectivity index (χ1v) is 12.0. The van der Waals surface area contributed by atoms with Gasteiger partial charge in [-0.1, -0.05) is 31.0 Å². The van der Waals surface area contributed by atoms with E-state index in [2.05, 4.69) is 35.2 Å². The largest absolute Gasteiger partial charge is 0.508 e. The van der Waals surface area contributed by atoms with E-state index in [-0.39, 0.29) is 18.3 Å². The number of hydrogen-bond acceptors (Lipinski definition) is 5. The van der Waals surface area contributed by atoms with Gasteiger partial charge >= 0.3 is 0 Å². The Balaban J connectivity index is 1.33. The van der Waals surface area contributed by atoms with Gasteiger partial charge in [-0.2, -0.15) is 0 Å². The summed E-state index contributed by atoms with van der Waals surface area (Å²) in [6, 6.07) is 14.9. The van der Waals surface area contributed by atoms with E-state index in [4.69, 9.17) is 14.2 Å². The number of fused-ring (bicyclic) bond motifs is 1. The van der Waals surface area contributed by atoms with E-state index in [0.717, 1.165) is 43.8 Å². The van der Waals surface area contributed by atoms with E-state index in [1.54, 1.807) is 14.2 Å². The molecule has 5 nitrogen and oxygen atoms in total. The Morgan fingerprint density at radius 1 is 1.00 bits per heavy atom. The molecule has 0 unspecified atom stereocenters. The average Bonchev–Trinajstić information content (AvgIpc) is 3.65. The van der Waals surface area contributed by atoms with E-state index in [0.29, 0.717) is 18.3 Å². The Kier molecular flexibility index (Phi) is 6.40. The molecule has 1 N–H and O–H groups in total. The average molecular weight is 438 g/mol. The zero-order valence-corrected chi connectivity index (χ0v) is 19.2. The van der Waals surface area contributed by atoms with Gasteiger partial charge in [-0.25, -0.2) is 0 Å². The number of aromatic hydroxyl groups is 1. The van der Waals surface area contributed by atoms with Gasteiger partial charge in [0.15, 0.2) is 6.29 Å². The summed E-state index contributed by atoms with van der Waals surface area (Å²) >= 11 is 0. The summed E-state index contributed by atoms with van der Waals surface area (Å²) in [5, 5.41) is 9.95. The van der Waals surface area contributed by atoms with Gasteiger partial charge in [-0.05, 0) is 66.1 Å². The van der Waals surface area contributed by atoms with Gasteiger partial charge in [0.05, 0.1) is 12.7 Å². The number of phenolic OH excluding ortho intramolecular Hbond substituents is 1. The molecule has 2 heterocycles. The molecular formula is C27H35NO4. The Hall–Kier alpha value is -2.08. The predicted molar refractivity (Wildman–Crippen MR) is 125 cm³/mol. The zero-order valence-electron chi connectivity index (χ0n) is 19.2. The summed E-state index contributed by atoms with van der Waals surface area (Å²) in [5.74, 6) is 1.80. The van der Waals surface area contributed by atoms with Crippen molar-refractivity contribution < 1.29 is 19.3 Å². The molecule has 3 aliphatic rings. The van der Waals surface area contributed by atoms with Crippen molar-refractivity contribution in [3.05, 3.63) is 59.2 Å². The molecule has 0 bridgehead atoms. The molecule has 2 fully saturated rings. The number of piperidine rings is 1. The number of phenols is 1. The molecule has 1 saturated carbocycles. The third-order valence-corrected chi connectivity index (χ3v) is 7.56. The molecule has 2 aromatic carbocycles. The van der Waals surface area contributed by atoms with Crippen LogP contribution < -0.4 is 4.90 Å². The Labute approximate surface area is 191 Å². The molecule has 2 aromatic rings. The van der Waals surface area contributed by atoms with Crippen molar-refractivity contribution in [2.45, 2.75) is 57.0 Å². The predicted octanol–water partition coefficient (Wildman–Crippen LogP) is 5.06. The minimum absolute atomic E-state index is 0.103. The minimum Gasteiger partial charge on any atom is -0.508 e. The van der Waals surface area contributed by atoms with Crippen LogP contribution >= 0.6 is 0 Å². The molecule has 5 heteroatoms. The molecule has 1 aliphatic carbocycles. The monoisotopic (exact) mass is 437 g/mol. The molecule has 0 amide bonds. The smallest absolute Gasteiger partial charge is 0.159 e. The lowest BCUT2D eigenvalue weighted by atomic mass is 9.80. The van der Waals surface area contributed by atoms with Crippen LogP contribution in [0.15, 0.2) is 42.5 Å². The number of ether oxygens (including phenoxy) is 3. The summed E-state index contributed by atoms with van der Waals surface area (Å²) in [5.41, 5.74) is 5.00. The van der Waals surface area contributed by atoms with Crippen LogP contribution in [0.1, 0.15) is 54.7 Å². The van der Waals surface area contributed by atoms with Crippen molar-refractivity contribution >= 4 is 5.69 Å². The molecule has 32 heavy (non-hydrogen) atoms. The third kappa shape index (κ3) is 4.52. The summed E-state index contributed by atoms with van der Waals surface area (Å²) in [7, 11) is 3.45. The highest BCUT2D eigenvalue weighted by Gasteiger charge is 2.36. The van der Waals surface area contributed by atoms with Crippen LogP contribution in [0.2, 0.25) is 0 Å². The fraction of sp³-hybridized carbons (Fsp3) is 0.556. The molecular weight excluding hydrogens is 402 g/mol. The Morgan fingerprint density at radius 3 is 2.38 bits per heavy atom. The lowest BCUT2D eigenvalue weighted by Crippen LogP contribution is -2.39. The maximum absolute atomic E-state index is 9.95. The van der Waals surface area contributed by atoms with Crippen LogP contribution in [0.5, 0.6) is 5.75 Å². The van der Waals surface area contributed by atoms with Crippen LogP contribution in [0.3, 0.4) is 0 Å². The first kappa shape index (κ1) is 21.7. The highest BCUT2D eigenvalue weighted by atomic mass is 16.7. The van der Waals surface area contributed by atoms with Gasteiger partial charge in [0.25, 0.3) is 0 Å². The standard InChI is InChI=1S/C27H35NO4/c1-30-27(31-2)20-11-13-28(14-12-20)22-7-5-19(6-8-22)26-24-10-9-23(29)16-21(24)17-32-25(26)15-18-3-4-18/h5-10,16,18,20,25-27,29H,3-4,11-15,17H2,1-2H3/t25-,26-/m0/s1. The van der Waals surface area contributed by atoms with Gasteiger partial charge in [0, 0.05) is 44.8 Å². The second-order valence-corrected chi connectivity index (χ2v) is 9.65. The molecule has 172 valence electrons. The second-order valence-electron chi connectivity index (χ2n) is 9.65. The summed E-state index contributed by atoms with van der Waals surface area (Å²) in [6.45, 7) is 2.63. The third-order valence-electron chi connectivity index (χ3n) is 7.56. The maximum Gasteiger partial charge on any atom is 0.159 e. The molecule has 5 rings (SSSR count). The number of benzene rings is 2. The lowest BCUT2D eigenvalue weighted by Gasteiger charge is -2.37. The molecule has 0 radical (unpaired) electrons. The van der Waals surface area contributed by atoms with Crippen molar-refractivity contribution in [2.75, 3.05) is 32.2 Å². The molecule has 0 spiro atoms. The van der Waals surface area contributed by atoms with E-state index in [9.17, 15) is 5.11 Å². The molecule has 1 saturated heterocycles.